The number of carbonyl (C=O) groups is 1. The lowest BCUT2D eigenvalue weighted by Gasteiger charge is -2.22. The summed E-state index contributed by atoms with van der Waals surface area (Å²) in [6.07, 6.45) is 2.75. The SMILES string of the molecule is Cc1ccc(Nc2c(C(=O)N3C[C@H](O)C[C@H]3CO)oc3c(C)cncc23)c(F)c1. The maximum absolute atomic E-state index is 14.5. The van der Waals surface area contributed by atoms with Crippen molar-refractivity contribution in [1.82, 2.24) is 9.88 Å². The molecule has 3 N–H and O–H groups in total. The number of carbonyl (C=O) groups excluding carboxylic acids is 1. The molecule has 1 saturated heterocycles. The summed E-state index contributed by atoms with van der Waals surface area (Å²) in [5.41, 5.74) is 2.49. The van der Waals surface area contributed by atoms with Gasteiger partial charge in [0.05, 0.1) is 29.8 Å². The van der Waals surface area contributed by atoms with Crippen LogP contribution in [0.5, 0.6) is 0 Å². The highest BCUT2D eigenvalue weighted by molar-refractivity contribution is 6.07. The molecule has 3 aromatic rings. The zero-order valence-corrected chi connectivity index (χ0v) is 16.1. The number of amides is 1. The van der Waals surface area contributed by atoms with Crippen LogP contribution < -0.4 is 5.32 Å². The zero-order chi connectivity index (χ0) is 20.7. The number of anilines is 2. The number of hydrogen-bond acceptors (Lipinski definition) is 6. The minimum atomic E-state index is -0.713. The van der Waals surface area contributed by atoms with E-state index in [2.05, 4.69) is 10.3 Å². The number of fused-ring (bicyclic) bond motifs is 1. The number of nitrogens with zero attached hydrogens (tertiary/aromatic N) is 2. The summed E-state index contributed by atoms with van der Waals surface area (Å²) < 4.78 is 20.3. The average molecular weight is 399 g/mol. The van der Waals surface area contributed by atoms with Crippen molar-refractivity contribution in [3.8, 4) is 0 Å². The molecule has 0 saturated carbocycles. The highest BCUT2D eigenvalue weighted by Gasteiger charge is 2.37. The van der Waals surface area contributed by atoms with Crippen LogP contribution in [-0.2, 0) is 0 Å². The van der Waals surface area contributed by atoms with Gasteiger partial charge in [0.25, 0.3) is 5.91 Å². The van der Waals surface area contributed by atoms with E-state index in [4.69, 9.17) is 4.42 Å². The van der Waals surface area contributed by atoms with Crippen LogP contribution in [0.3, 0.4) is 0 Å². The van der Waals surface area contributed by atoms with Gasteiger partial charge in [0.1, 0.15) is 17.1 Å². The Kier molecular flexibility index (Phi) is 4.97. The number of benzene rings is 1. The number of pyridine rings is 1. The molecule has 8 heteroatoms. The van der Waals surface area contributed by atoms with Gasteiger partial charge in [0, 0.05) is 24.5 Å². The molecule has 7 nitrogen and oxygen atoms in total. The van der Waals surface area contributed by atoms with E-state index >= 15 is 0 Å². The Morgan fingerprint density at radius 2 is 2.17 bits per heavy atom. The van der Waals surface area contributed by atoms with E-state index < -0.39 is 23.9 Å². The van der Waals surface area contributed by atoms with E-state index in [1.165, 1.54) is 11.0 Å². The predicted molar refractivity (Wildman–Crippen MR) is 106 cm³/mol. The largest absolute Gasteiger partial charge is 0.448 e. The van der Waals surface area contributed by atoms with E-state index in [1.54, 1.807) is 38.4 Å². The van der Waals surface area contributed by atoms with E-state index in [0.29, 0.717) is 23.1 Å². The second-order valence-electron chi connectivity index (χ2n) is 7.43. The van der Waals surface area contributed by atoms with E-state index in [0.717, 1.165) is 11.1 Å². The van der Waals surface area contributed by atoms with Crippen LogP contribution in [0.25, 0.3) is 11.0 Å². The third-order valence-corrected chi connectivity index (χ3v) is 5.22. The highest BCUT2D eigenvalue weighted by atomic mass is 19.1. The molecular weight excluding hydrogens is 377 g/mol. The smallest absolute Gasteiger partial charge is 0.292 e. The Labute approximate surface area is 166 Å². The summed E-state index contributed by atoms with van der Waals surface area (Å²) in [6, 6.07) is 4.25. The number of likely N-dealkylation sites (tertiary alicyclic amines) is 1. The standard InChI is InChI=1S/C21H22FN3O4/c1-11-3-4-17(16(22)5-11)24-18-15-8-23-7-12(2)19(15)29-20(18)21(28)25-9-14(27)6-13(25)10-26/h3-5,7-8,13-14,24,26-27H,6,9-10H2,1-2H3/t13-,14+/m0/s1. The monoisotopic (exact) mass is 399 g/mol. The number of aromatic nitrogens is 1. The maximum Gasteiger partial charge on any atom is 0.292 e. The van der Waals surface area contributed by atoms with Gasteiger partial charge in [-0.05, 0) is 38.0 Å². The number of hydrogen-bond donors (Lipinski definition) is 3. The molecule has 1 aliphatic heterocycles. The van der Waals surface area contributed by atoms with Crippen LogP contribution in [0, 0.1) is 19.7 Å². The first-order valence-electron chi connectivity index (χ1n) is 9.39. The minimum absolute atomic E-state index is 0.0105. The third-order valence-electron chi connectivity index (χ3n) is 5.22. The Balaban J connectivity index is 1.82. The summed E-state index contributed by atoms with van der Waals surface area (Å²) in [7, 11) is 0. The number of aliphatic hydroxyl groups is 2. The zero-order valence-electron chi connectivity index (χ0n) is 16.1. The number of β-amino-alcohol motifs (C(OH)–C–C–N with tert-alkyl or cyclic N) is 1. The maximum atomic E-state index is 14.5. The van der Waals surface area contributed by atoms with Crippen molar-refractivity contribution in [3.63, 3.8) is 0 Å². The summed E-state index contributed by atoms with van der Waals surface area (Å²) in [5.74, 6) is -0.946. The van der Waals surface area contributed by atoms with Gasteiger partial charge in [-0.3, -0.25) is 9.78 Å². The number of nitrogens with one attached hydrogen (secondary N) is 1. The average Bonchev–Trinajstić information content (AvgIpc) is 3.25. The number of halogens is 1. The molecule has 1 amide bonds. The molecule has 1 aromatic carbocycles. The minimum Gasteiger partial charge on any atom is -0.448 e. The lowest BCUT2D eigenvalue weighted by atomic mass is 10.1. The van der Waals surface area contributed by atoms with Crippen molar-refractivity contribution in [2.75, 3.05) is 18.5 Å². The quantitative estimate of drug-likeness (QED) is 0.624. The van der Waals surface area contributed by atoms with Gasteiger partial charge in [-0.1, -0.05) is 6.07 Å². The fourth-order valence-corrected chi connectivity index (χ4v) is 3.72. The summed E-state index contributed by atoms with van der Waals surface area (Å²) in [6.45, 7) is 3.42. The Morgan fingerprint density at radius 3 is 2.90 bits per heavy atom. The lowest BCUT2D eigenvalue weighted by Crippen LogP contribution is -2.38. The van der Waals surface area contributed by atoms with Gasteiger partial charge in [0.2, 0.25) is 5.76 Å². The fourth-order valence-electron chi connectivity index (χ4n) is 3.72. The Hall–Kier alpha value is -2.97. The van der Waals surface area contributed by atoms with Crippen LogP contribution in [0.1, 0.15) is 28.1 Å². The second-order valence-corrected chi connectivity index (χ2v) is 7.43. The summed E-state index contributed by atoms with van der Waals surface area (Å²) >= 11 is 0. The number of furan rings is 1. The third kappa shape index (κ3) is 3.45. The van der Waals surface area contributed by atoms with Crippen molar-refractivity contribution in [2.24, 2.45) is 0 Å². The normalized spacial score (nSPS) is 19.1. The predicted octanol–water partition coefficient (Wildman–Crippen LogP) is 2.90. The van der Waals surface area contributed by atoms with E-state index in [9.17, 15) is 19.4 Å². The Bertz CT molecular complexity index is 1080. The molecule has 2 aromatic heterocycles. The van der Waals surface area contributed by atoms with Crippen molar-refractivity contribution in [3.05, 3.63) is 53.3 Å². The second kappa shape index (κ2) is 7.46. The molecule has 1 fully saturated rings. The molecule has 2 atom stereocenters. The molecule has 3 heterocycles. The lowest BCUT2D eigenvalue weighted by molar-refractivity contribution is 0.0637. The molecule has 152 valence electrons. The Morgan fingerprint density at radius 1 is 1.38 bits per heavy atom. The fraction of sp³-hybridized carbons (Fsp3) is 0.333. The van der Waals surface area contributed by atoms with E-state index in [-0.39, 0.29) is 24.6 Å². The summed E-state index contributed by atoms with van der Waals surface area (Å²) in [4.78, 5) is 18.8. The van der Waals surface area contributed by atoms with Gasteiger partial charge < -0.3 is 24.8 Å². The van der Waals surface area contributed by atoms with Gasteiger partial charge in [-0.15, -0.1) is 0 Å². The van der Waals surface area contributed by atoms with Crippen molar-refractivity contribution >= 4 is 28.3 Å². The van der Waals surface area contributed by atoms with Gasteiger partial charge in [-0.25, -0.2) is 4.39 Å². The van der Waals surface area contributed by atoms with Crippen LogP contribution in [-0.4, -0.2) is 51.3 Å². The molecule has 1 aliphatic rings. The van der Waals surface area contributed by atoms with Crippen LogP contribution in [0.15, 0.2) is 35.0 Å². The first-order chi connectivity index (χ1) is 13.9. The summed E-state index contributed by atoms with van der Waals surface area (Å²) in [5, 5.41) is 23.1. The molecule has 0 aliphatic carbocycles. The molecule has 0 radical (unpaired) electrons. The first-order valence-corrected chi connectivity index (χ1v) is 9.39. The van der Waals surface area contributed by atoms with Gasteiger partial charge >= 0.3 is 0 Å². The van der Waals surface area contributed by atoms with Crippen molar-refractivity contribution < 1.29 is 23.8 Å². The van der Waals surface area contributed by atoms with Crippen molar-refractivity contribution in [2.45, 2.75) is 32.4 Å². The topological polar surface area (TPSA) is 98.8 Å². The highest BCUT2D eigenvalue weighted by Crippen LogP contribution is 2.36. The number of rotatable bonds is 4. The molecule has 0 unspecified atom stereocenters. The van der Waals surface area contributed by atoms with E-state index in [1.807, 2.05) is 0 Å². The molecule has 29 heavy (non-hydrogen) atoms. The molecule has 0 spiro atoms. The van der Waals surface area contributed by atoms with Crippen LogP contribution in [0.4, 0.5) is 15.8 Å². The van der Waals surface area contributed by atoms with Crippen molar-refractivity contribution in [1.29, 1.82) is 0 Å². The molecular formula is C21H22FN3O4. The number of aliphatic hydroxyl groups excluding tert-OH is 2. The molecule has 0 bridgehead atoms. The first kappa shape index (κ1) is 19.4. The molecule has 4 rings (SSSR count). The van der Waals surface area contributed by atoms with Crippen LogP contribution >= 0.6 is 0 Å². The number of aryl methyl sites for hydroxylation is 2. The van der Waals surface area contributed by atoms with Crippen LogP contribution in [0.2, 0.25) is 0 Å². The van der Waals surface area contributed by atoms with Gasteiger partial charge in [0.15, 0.2) is 0 Å². The van der Waals surface area contributed by atoms with Gasteiger partial charge in [-0.2, -0.15) is 0 Å².